The number of carbonyl (C=O) groups excluding carboxylic acids is 1. The number of thiophene rings is 1. The number of para-hydroxylation sites is 1. The van der Waals surface area contributed by atoms with E-state index >= 15 is 0 Å². The summed E-state index contributed by atoms with van der Waals surface area (Å²) in [6, 6.07) is 5.17. The topological polar surface area (TPSA) is 73.2 Å². The molecule has 8 heteroatoms. The average molecular weight is 406 g/mol. The van der Waals surface area contributed by atoms with Gasteiger partial charge < -0.3 is 10.1 Å². The number of nitrogens with one attached hydrogen (secondary N) is 1. The van der Waals surface area contributed by atoms with Gasteiger partial charge in [-0.15, -0.1) is 11.3 Å². The van der Waals surface area contributed by atoms with Crippen LogP contribution in [0.4, 0.5) is 5.69 Å². The van der Waals surface area contributed by atoms with Crippen LogP contribution in [0.2, 0.25) is 5.02 Å². The van der Waals surface area contributed by atoms with Crippen molar-refractivity contribution in [2.75, 3.05) is 11.9 Å². The summed E-state index contributed by atoms with van der Waals surface area (Å²) in [6.45, 7) is 6.42. The highest BCUT2D eigenvalue weighted by Gasteiger charge is 2.14. The minimum absolute atomic E-state index is 0.118. The van der Waals surface area contributed by atoms with Crippen LogP contribution in [0.15, 0.2) is 29.3 Å². The maximum absolute atomic E-state index is 12.7. The van der Waals surface area contributed by atoms with Gasteiger partial charge in [0, 0.05) is 17.8 Å². The third-order valence-electron chi connectivity index (χ3n) is 4.27. The van der Waals surface area contributed by atoms with Crippen LogP contribution >= 0.6 is 22.9 Å². The molecule has 2 heterocycles. The van der Waals surface area contributed by atoms with Gasteiger partial charge in [0.05, 0.1) is 29.0 Å². The summed E-state index contributed by atoms with van der Waals surface area (Å²) in [4.78, 5) is 31.2. The number of ether oxygens (including phenoxy) is 1. The van der Waals surface area contributed by atoms with Crippen molar-refractivity contribution in [2.45, 2.75) is 33.7 Å². The molecule has 0 unspecified atom stereocenters. The van der Waals surface area contributed by atoms with Gasteiger partial charge in [-0.3, -0.25) is 14.2 Å². The van der Waals surface area contributed by atoms with Gasteiger partial charge in [-0.1, -0.05) is 17.7 Å². The first-order valence-corrected chi connectivity index (χ1v) is 9.78. The van der Waals surface area contributed by atoms with E-state index in [0.29, 0.717) is 28.5 Å². The third-order valence-corrected chi connectivity index (χ3v) is 5.68. The molecule has 0 spiro atoms. The third kappa shape index (κ3) is 3.99. The number of aromatic nitrogens is 2. The molecular formula is C19H20ClN3O3S. The standard InChI is InChI=1S/C19H20ClN3O3S/c1-4-26-17-13(20)6-5-7-14(17)22-15(24)8-9-23-10-21-18-16(19(23)25)11(2)12(3)27-18/h5-7,10H,4,8-9H2,1-3H3,(H,22,24). The quantitative estimate of drug-likeness (QED) is 0.668. The molecule has 1 amide bonds. The van der Waals surface area contributed by atoms with E-state index in [0.717, 1.165) is 15.3 Å². The molecule has 6 nitrogen and oxygen atoms in total. The Morgan fingerprint density at radius 3 is 2.89 bits per heavy atom. The number of amides is 1. The van der Waals surface area contributed by atoms with E-state index in [9.17, 15) is 9.59 Å². The maximum Gasteiger partial charge on any atom is 0.262 e. The first kappa shape index (κ1) is 19.4. The van der Waals surface area contributed by atoms with E-state index < -0.39 is 0 Å². The lowest BCUT2D eigenvalue weighted by Crippen LogP contribution is -2.23. The summed E-state index contributed by atoms with van der Waals surface area (Å²) in [5.41, 5.74) is 1.35. The Morgan fingerprint density at radius 1 is 1.37 bits per heavy atom. The van der Waals surface area contributed by atoms with Crippen LogP contribution in [0, 0.1) is 13.8 Å². The number of hydrogen-bond acceptors (Lipinski definition) is 5. The highest BCUT2D eigenvalue weighted by molar-refractivity contribution is 7.18. The summed E-state index contributed by atoms with van der Waals surface area (Å²) < 4.78 is 6.98. The molecular weight excluding hydrogens is 386 g/mol. The Balaban J connectivity index is 1.74. The van der Waals surface area contributed by atoms with Gasteiger partial charge >= 0.3 is 0 Å². The van der Waals surface area contributed by atoms with Crippen LogP contribution in [0.3, 0.4) is 0 Å². The van der Waals surface area contributed by atoms with Gasteiger partial charge in [-0.05, 0) is 38.5 Å². The summed E-state index contributed by atoms with van der Waals surface area (Å²) in [7, 11) is 0. The van der Waals surface area contributed by atoms with Gasteiger partial charge in [-0.25, -0.2) is 4.98 Å². The van der Waals surface area contributed by atoms with Crippen LogP contribution in [0.25, 0.3) is 10.2 Å². The van der Waals surface area contributed by atoms with E-state index in [4.69, 9.17) is 16.3 Å². The molecule has 0 aliphatic carbocycles. The SMILES string of the molecule is CCOc1c(Cl)cccc1NC(=O)CCn1cnc2sc(C)c(C)c2c1=O. The second-order valence-electron chi connectivity index (χ2n) is 6.05. The molecule has 1 aromatic carbocycles. The fraction of sp³-hybridized carbons (Fsp3) is 0.316. The highest BCUT2D eigenvalue weighted by atomic mass is 35.5. The largest absolute Gasteiger partial charge is 0.490 e. The number of hydrogen-bond donors (Lipinski definition) is 1. The molecule has 1 N–H and O–H groups in total. The van der Waals surface area contributed by atoms with Crippen LogP contribution in [-0.4, -0.2) is 22.1 Å². The fourth-order valence-electron chi connectivity index (χ4n) is 2.76. The first-order chi connectivity index (χ1) is 12.9. The van der Waals surface area contributed by atoms with Gasteiger partial charge in [0.1, 0.15) is 4.83 Å². The van der Waals surface area contributed by atoms with Crippen LogP contribution in [-0.2, 0) is 11.3 Å². The number of halogens is 1. The number of rotatable bonds is 6. The predicted molar refractivity (Wildman–Crippen MR) is 109 cm³/mol. The van der Waals surface area contributed by atoms with Crippen LogP contribution < -0.4 is 15.6 Å². The van der Waals surface area contributed by atoms with E-state index in [-0.39, 0.29) is 24.4 Å². The van der Waals surface area contributed by atoms with Crippen molar-refractivity contribution in [3.63, 3.8) is 0 Å². The number of anilines is 1. The maximum atomic E-state index is 12.7. The molecule has 0 radical (unpaired) electrons. The molecule has 0 saturated heterocycles. The van der Waals surface area contributed by atoms with Crippen molar-refractivity contribution in [1.82, 2.24) is 9.55 Å². The summed E-state index contributed by atoms with van der Waals surface area (Å²) in [6.07, 6.45) is 1.63. The molecule has 3 aromatic rings. The van der Waals surface area contributed by atoms with Gasteiger partial charge in [-0.2, -0.15) is 0 Å². The van der Waals surface area contributed by atoms with E-state index in [1.165, 1.54) is 22.2 Å². The lowest BCUT2D eigenvalue weighted by Gasteiger charge is -2.13. The summed E-state index contributed by atoms with van der Waals surface area (Å²) in [5, 5.41) is 3.86. The zero-order valence-electron chi connectivity index (χ0n) is 15.3. The Kier molecular flexibility index (Phi) is 5.82. The summed E-state index contributed by atoms with van der Waals surface area (Å²) in [5.74, 6) is 0.211. The molecule has 0 aliphatic heterocycles. The number of fused-ring (bicyclic) bond motifs is 1. The number of benzene rings is 1. The number of aryl methyl sites for hydroxylation is 3. The van der Waals surface area contributed by atoms with Crippen LogP contribution in [0.5, 0.6) is 5.75 Å². The molecule has 0 bridgehead atoms. The van der Waals surface area contributed by atoms with E-state index in [1.54, 1.807) is 18.2 Å². The molecule has 27 heavy (non-hydrogen) atoms. The van der Waals surface area contributed by atoms with Crippen molar-refractivity contribution in [3.8, 4) is 5.75 Å². The van der Waals surface area contributed by atoms with Crippen molar-refractivity contribution in [1.29, 1.82) is 0 Å². The summed E-state index contributed by atoms with van der Waals surface area (Å²) >= 11 is 7.63. The Bertz CT molecular complexity index is 1060. The Labute approximate surface area is 165 Å². The lowest BCUT2D eigenvalue weighted by atomic mass is 10.2. The molecule has 0 aliphatic rings. The number of nitrogens with zero attached hydrogens (tertiary/aromatic N) is 2. The smallest absolute Gasteiger partial charge is 0.262 e. The normalized spacial score (nSPS) is 11.0. The highest BCUT2D eigenvalue weighted by Crippen LogP contribution is 2.33. The van der Waals surface area contributed by atoms with E-state index in [2.05, 4.69) is 10.3 Å². The molecule has 2 aromatic heterocycles. The zero-order chi connectivity index (χ0) is 19.6. The average Bonchev–Trinajstić information content (AvgIpc) is 2.92. The Morgan fingerprint density at radius 2 is 2.15 bits per heavy atom. The Hall–Kier alpha value is -2.38. The first-order valence-electron chi connectivity index (χ1n) is 8.58. The fourth-order valence-corrected chi connectivity index (χ4v) is 3.98. The molecule has 0 saturated carbocycles. The van der Waals surface area contributed by atoms with Crippen molar-refractivity contribution < 1.29 is 9.53 Å². The second-order valence-corrected chi connectivity index (χ2v) is 7.66. The van der Waals surface area contributed by atoms with E-state index in [1.807, 2.05) is 20.8 Å². The minimum Gasteiger partial charge on any atom is -0.490 e. The van der Waals surface area contributed by atoms with Gasteiger partial charge in [0.2, 0.25) is 5.91 Å². The minimum atomic E-state index is -0.233. The van der Waals surface area contributed by atoms with Gasteiger partial charge in [0.25, 0.3) is 5.56 Å². The number of carbonyl (C=O) groups is 1. The predicted octanol–water partition coefficient (Wildman–Crippen LogP) is 4.16. The lowest BCUT2D eigenvalue weighted by molar-refractivity contribution is -0.116. The zero-order valence-corrected chi connectivity index (χ0v) is 16.9. The van der Waals surface area contributed by atoms with Crippen molar-refractivity contribution >= 4 is 44.7 Å². The molecule has 142 valence electrons. The van der Waals surface area contributed by atoms with Crippen LogP contribution in [0.1, 0.15) is 23.8 Å². The molecule has 3 rings (SSSR count). The van der Waals surface area contributed by atoms with Gasteiger partial charge in [0.15, 0.2) is 5.75 Å². The monoisotopic (exact) mass is 405 g/mol. The van der Waals surface area contributed by atoms with Crippen molar-refractivity contribution in [3.05, 3.63) is 50.3 Å². The molecule has 0 fully saturated rings. The van der Waals surface area contributed by atoms with Crippen molar-refractivity contribution in [2.24, 2.45) is 0 Å². The molecule has 0 atom stereocenters. The second kappa shape index (κ2) is 8.10.